The molecule has 1 fully saturated rings. The SMILES string of the molecule is CCC(CC)(CC(=O)N(Cc1ccco1)C1CC1)C(=O)O. The van der Waals surface area contributed by atoms with Crippen molar-refractivity contribution in [1.82, 2.24) is 4.90 Å². The second-order valence-corrected chi connectivity index (χ2v) is 5.80. The minimum Gasteiger partial charge on any atom is -0.481 e. The van der Waals surface area contributed by atoms with Crippen LogP contribution in [0.2, 0.25) is 0 Å². The summed E-state index contributed by atoms with van der Waals surface area (Å²) in [7, 11) is 0. The molecule has 1 saturated carbocycles. The van der Waals surface area contributed by atoms with E-state index >= 15 is 0 Å². The number of carboxylic acid groups (broad SMARTS) is 1. The summed E-state index contributed by atoms with van der Waals surface area (Å²) in [6.07, 6.45) is 4.56. The van der Waals surface area contributed by atoms with Crippen molar-refractivity contribution in [1.29, 1.82) is 0 Å². The van der Waals surface area contributed by atoms with Crippen LogP contribution in [0.4, 0.5) is 0 Å². The van der Waals surface area contributed by atoms with Gasteiger partial charge in [-0.2, -0.15) is 0 Å². The standard InChI is InChI=1S/C16H23NO4/c1-3-16(4-2,15(19)20)10-14(18)17(12-7-8-12)11-13-6-5-9-21-13/h5-6,9,12H,3-4,7-8,10-11H2,1-2H3,(H,19,20). The van der Waals surface area contributed by atoms with Gasteiger partial charge in [0.25, 0.3) is 0 Å². The molecule has 0 radical (unpaired) electrons. The van der Waals surface area contributed by atoms with Crippen LogP contribution < -0.4 is 0 Å². The van der Waals surface area contributed by atoms with Crippen molar-refractivity contribution in [3.05, 3.63) is 24.2 Å². The van der Waals surface area contributed by atoms with Gasteiger partial charge in [0.05, 0.1) is 18.2 Å². The zero-order chi connectivity index (χ0) is 15.5. The molecule has 0 bridgehead atoms. The minimum atomic E-state index is -0.951. The molecule has 1 heterocycles. The molecule has 21 heavy (non-hydrogen) atoms. The summed E-state index contributed by atoms with van der Waals surface area (Å²) >= 11 is 0. The molecule has 5 heteroatoms. The number of hydrogen-bond donors (Lipinski definition) is 1. The number of carbonyl (C=O) groups excluding carboxylic acids is 1. The van der Waals surface area contributed by atoms with Crippen molar-refractivity contribution in [2.75, 3.05) is 0 Å². The lowest BCUT2D eigenvalue weighted by molar-refractivity contribution is -0.154. The Bertz CT molecular complexity index is 486. The largest absolute Gasteiger partial charge is 0.481 e. The van der Waals surface area contributed by atoms with E-state index in [9.17, 15) is 14.7 Å². The summed E-state index contributed by atoms with van der Waals surface area (Å²) in [6.45, 7) is 4.09. The van der Waals surface area contributed by atoms with E-state index in [4.69, 9.17) is 4.42 Å². The number of carbonyl (C=O) groups is 2. The molecule has 1 aromatic rings. The zero-order valence-corrected chi connectivity index (χ0v) is 12.7. The maximum absolute atomic E-state index is 12.6. The van der Waals surface area contributed by atoms with Crippen molar-refractivity contribution in [2.24, 2.45) is 5.41 Å². The minimum absolute atomic E-state index is 0.0620. The number of furan rings is 1. The number of aliphatic carboxylic acids is 1. The van der Waals surface area contributed by atoms with Crippen LogP contribution in [0.3, 0.4) is 0 Å². The average molecular weight is 293 g/mol. The topological polar surface area (TPSA) is 70.8 Å². The van der Waals surface area contributed by atoms with Crippen molar-refractivity contribution >= 4 is 11.9 Å². The van der Waals surface area contributed by atoms with Gasteiger partial charge in [-0.1, -0.05) is 13.8 Å². The molecule has 0 saturated heterocycles. The van der Waals surface area contributed by atoms with Crippen molar-refractivity contribution in [3.8, 4) is 0 Å². The summed E-state index contributed by atoms with van der Waals surface area (Å²) in [6, 6.07) is 3.87. The molecule has 0 unspecified atom stereocenters. The smallest absolute Gasteiger partial charge is 0.310 e. The monoisotopic (exact) mass is 293 g/mol. The molecule has 0 spiro atoms. The molecule has 0 aliphatic heterocycles. The molecular formula is C16H23NO4. The Morgan fingerprint density at radius 2 is 2.05 bits per heavy atom. The van der Waals surface area contributed by atoms with Crippen LogP contribution in [-0.4, -0.2) is 27.9 Å². The van der Waals surface area contributed by atoms with Gasteiger partial charge in [0.1, 0.15) is 5.76 Å². The van der Waals surface area contributed by atoms with Crippen LogP contribution in [0.5, 0.6) is 0 Å². The van der Waals surface area contributed by atoms with Crippen LogP contribution >= 0.6 is 0 Å². The van der Waals surface area contributed by atoms with Crippen LogP contribution in [-0.2, 0) is 16.1 Å². The Balaban J connectivity index is 2.09. The highest BCUT2D eigenvalue weighted by molar-refractivity contribution is 5.85. The molecular weight excluding hydrogens is 270 g/mol. The van der Waals surface area contributed by atoms with Gasteiger partial charge in [-0.25, -0.2) is 0 Å². The molecule has 1 aliphatic rings. The molecule has 1 aliphatic carbocycles. The highest BCUT2D eigenvalue weighted by Gasteiger charge is 2.41. The van der Waals surface area contributed by atoms with Gasteiger partial charge in [-0.15, -0.1) is 0 Å². The lowest BCUT2D eigenvalue weighted by Gasteiger charge is -2.30. The van der Waals surface area contributed by atoms with E-state index in [1.807, 2.05) is 19.9 Å². The summed E-state index contributed by atoms with van der Waals surface area (Å²) in [5.41, 5.74) is -0.951. The summed E-state index contributed by atoms with van der Waals surface area (Å²) in [4.78, 5) is 25.9. The number of hydrogen-bond acceptors (Lipinski definition) is 3. The Labute approximate surface area is 124 Å². The second-order valence-electron chi connectivity index (χ2n) is 5.80. The Morgan fingerprint density at radius 3 is 2.48 bits per heavy atom. The molecule has 2 rings (SSSR count). The van der Waals surface area contributed by atoms with Gasteiger partial charge < -0.3 is 14.4 Å². The van der Waals surface area contributed by atoms with E-state index in [0.29, 0.717) is 19.4 Å². The summed E-state index contributed by atoms with van der Waals surface area (Å²) in [5.74, 6) is -0.223. The Morgan fingerprint density at radius 1 is 1.38 bits per heavy atom. The molecule has 5 nitrogen and oxygen atoms in total. The Hall–Kier alpha value is -1.78. The fourth-order valence-corrected chi connectivity index (χ4v) is 2.65. The molecule has 1 aromatic heterocycles. The van der Waals surface area contributed by atoms with Gasteiger partial charge in [-0.05, 0) is 37.8 Å². The normalized spacial score (nSPS) is 15.0. The first-order valence-electron chi connectivity index (χ1n) is 7.57. The summed E-state index contributed by atoms with van der Waals surface area (Å²) < 4.78 is 5.31. The summed E-state index contributed by atoms with van der Waals surface area (Å²) in [5, 5.41) is 9.48. The molecule has 0 aromatic carbocycles. The molecule has 1 N–H and O–H groups in total. The average Bonchev–Trinajstić information content (AvgIpc) is 3.18. The van der Waals surface area contributed by atoms with E-state index in [1.54, 1.807) is 17.2 Å². The van der Waals surface area contributed by atoms with E-state index in [0.717, 1.165) is 18.6 Å². The third-order valence-electron chi connectivity index (χ3n) is 4.51. The predicted molar refractivity (Wildman–Crippen MR) is 77.5 cm³/mol. The van der Waals surface area contributed by atoms with Crippen molar-refractivity contribution in [3.63, 3.8) is 0 Å². The first kappa shape index (κ1) is 15.6. The first-order chi connectivity index (χ1) is 10.0. The van der Waals surface area contributed by atoms with E-state index in [-0.39, 0.29) is 18.4 Å². The Kier molecular flexibility index (Phi) is 4.70. The molecule has 116 valence electrons. The van der Waals surface area contributed by atoms with Crippen LogP contribution in [0.25, 0.3) is 0 Å². The zero-order valence-electron chi connectivity index (χ0n) is 12.7. The highest BCUT2D eigenvalue weighted by atomic mass is 16.4. The molecule has 1 amide bonds. The van der Waals surface area contributed by atoms with E-state index < -0.39 is 11.4 Å². The third-order valence-corrected chi connectivity index (χ3v) is 4.51. The first-order valence-corrected chi connectivity index (χ1v) is 7.57. The maximum Gasteiger partial charge on any atom is 0.310 e. The van der Waals surface area contributed by atoms with Crippen LogP contribution in [0.1, 0.15) is 51.7 Å². The van der Waals surface area contributed by atoms with E-state index in [2.05, 4.69) is 0 Å². The van der Waals surface area contributed by atoms with Gasteiger partial charge in [0, 0.05) is 12.5 Å². The fraction of sp³-hybridized carbons (Fsp3) is 0.625. The maximum atomic E-state index is 12.6. The highest BCUT2D eigenvalue weighted by Crippen LogP contribution is 2.35. The van der Waals surface area contributed by atoms with Crippen molar-refractivity contribution in [2.45, 2.75) is 58.5 Å². The number of rotatable bonds is 8. The molecule has 0 atom stereocenters. The van der Waals surface area contributed by atoms with Gasteiger partial charge in [-0.3, -0.25) is 9.59 Å². The third kappa shape index (κ3) is 3.46. The number of nitrogens with zero attached hydrogens (tertiary/aromatic N) is 1. The van der Waals surface area contributed by atoms with Gasteiger partial charge >= 0.3 is 5.97 Å². The van der Waals surface area contributed by atoms with Crippen LogP contribution in [0, 0.1) is 5.41 Å². The second kappa shape index (κ2) is 6.33. The van der Waals surface area contributed by atoms with Gasteiger partial charge in [0.2, 0.25) is 5.91 Å². The fourth-order valence-electron chi connectivity index (χ4n) is 2.65. The van der Waals surface area contributed by atoms with Gasteiger partial charge in [0.15, 0.2) is 0 Å². The lowest BCUT2D eigenvalue weighted by Crippen LogP contribution is -2.40. The number of carboxylic acids is 1. The van der Waals surface area contributed by atoms with Crippen LogP contribution in [0.15, 0.2) is 22.8 Å². The quantitative estimate of drug-likeness (QED) is 0.799. The lowest BCUT2D eigenvalue weighted by atomic mass is 9.79. The predicted octanol–water partition coefficient (Wildman–Crippen LogP) is 3.05. The van der Waals surface area contributed by atoms with E-state index in [1.165, 1.54) is 0 Å². The van der Waals surface area contributed by atoms with Crippen molar-refractivity contribution < 1.29 is 19.1 Å². The number of amides is 1.